The third-order valence-corrected chi connectivity index (χ3v) is 2.67. The van der Waals surface area contributed by atoms with Crippen LogP contribution < -0.4 is 0 Å². The van der Waals surface area contributed by atoms with Crippen molar-refractivity contribution < 1.29 is 23.2 Å². The molecule has 5 nitrogen and oxygen atoms in total. The first-order valence-electron chi connectivity index (χ1n) is 3.76. The van der Waals surface area contributed by atoms with Crippen molar-refractivity contribution in [3.8, 4) is 0 Å². The summed E-state index contributed by atoms with van der Waals surface area (Å²) in [6, 6.07) is 3.52. The van der Waals surface area contributed by atoms with E-state index in [9.17, 15) is 8.42 Å². The van der Waals surface area contributed by atoms with Crippen molar-refractivity contribution in [2.45, 2.75) is 18.1 Å². The van der Waals surface area contributed by atoms with Crippen LogP contribution in [0.2, 0.25) is 0 Å². The van der Waals surface area contributed by atoms with E-state index in [2.05, 4.69) is 0 Å². The monoisotopic (exact) mass is 218 g/mol. The molecule has 0 aliphatic rings. The summed E-state index contributed by atoms with van der Waals surface area (Å²) in [7, 11) is -4.23. The first-order valence-corrected chi connectivity index (χ1v) is 5.20. The molecule has 6 heteroatoms. The molecular formula is C8H10O5S. The fraction of sp³-hybridized carbons (Fsp3) is 0.250. The maximum Gasteiger partial charge on any atom is 0.294 e. The van der Waals surface area contributed by atoms with Crippen LogP contribution >= 0.6 is 0 Å². The van der Waals surface area contributed by atoms with E-state index in [1.54, 1.807) is 0 Å². The highest BCUT2D eigenvalue weighted by atomic mass is 32.2. The molecule has 14 heavy (non-hydrogen) atoms. The number of aliphatic hydroxyl groups is 2. The normalized spacial score (nSPS) is 12.1. The predicted molar refractivity (Wildman–Crippen MR) is 48.2 cm³/mol. The van der Waals surface area contributed by atoms with Crippen LogP contribution in [-0.4, -0.2) is 23.2 Å². The van der Waals surface area contributed by atoms with Gasteiger partial charge >= 0.3 is 0 Å². The van der Waals surface area contributed by atoms with E-state index in [-0.39, 0.29) is 10.5 Å². The van der Waals surface area contributed by atoms with Crippen LogP contribution in [-0.2, 0) is 10.1 Å². The van der Waals surface area contributed by atoms with Crippen LogP contribution in [0, 0.1) is 6.92 Å². The van der Waals surface area contributed by atoms with Crippen LogP contribution in [0.1, 0.15) is 17.4 Å². The molecule has 0 spiro atoms. The molecule has 0 fully saturated rings. The van der Waals surface area contributed by atoms with Gasteiger partial charge in [-0.3, -0.25) is 4.55 Å². The van der Waals surface area contributed by atoms with Gasteiger partial charge in [-0.15, -0.1) is 0 Å². The predicted octanol–water partition coefficient (Wildman–Crippen LogP) is 0.225. The summed E-state index contributed by atoms with van der Waals surface area (Å²) in [4.78, 5) is -0.264. The smallest absolute Gasteiger partial charge is 0.294 e. The fourth-order valence-electron chi connectivity index (χ4n) is 1.10. The number of aryl methyl sites for hydroxylation is 1. The SMILES string of the molecule is Cc1cc(S(=O)(=O)O)ccc1C(O)O. The van der Waals surface area contributed by atoms with Gasteiger partial charge in [0.05, 0.1) is 4.90 Å². The van der Waals surface area contributed by atoms with Crippen molar-refractivity contribution in [2.75, 3.05) is 0 Å². The summed E-state index contributed by atoms with van der Waals surface area (Å²) in [5, 5.41) is 17.7. The first-order chi connectivity index (χ1) is 6.32. The maximum atomic E-state index is 10.7. The van der Waals surface area contributed by atoms with Crippen molar-refractivity contribution in [1.82, 2.24) is 0 Å². The lowest BCUT2D eigenvalue weighted by Crippen LogP contribution is -2.02. The highest BCUT2D eigenvalue weighted by Crippen LogP contribution is 2.19. The van der Waals surface area contributed by atoms with Crippen LogP contribution in [0.25, 0.3) is 0 Å². The molecule has 3 N–H and O–H groups in total. The highest BCUT2D eigenvalue weighted by molar-refractivity contribution is 7.85. The molecule has 0 saturated carbocycles. The van der Waals surface area contributed by atoms with Gasteiger partial charge in [-0.2, -0.15) is 8.42 Å². The minimum atomic E-state index is -4.23. The summed E-state index contributed by atoms with van der Waals surface area (Å²) in [5.74, 6) is 0. The Morgan fingerprint density at radius 2 is 1.86 bits per heavy atom. The Bertz CT molecular complexity index is 435. The minimum Gasteiger partial charge on any atom is -0.364 e. The summed E-state index contributed by atoms with van der Waals surface area (Å²) >= 11 is 0. The zero-order chi connectivity index (χ0) is 10.9. The summed E-state index contributed by atoms with van der Waals surface area (Å²) in [6.07, 6.45) is -1.65. The molecule has 78 valence electrons. The van der Waals surface area contributed by atoms with Gasteiger partial charge < -0.3 is 10.2 Å². The summed E-state index contributed by atoms with van der Waals surface area (Å²) in [6.45, 7) is 1.52. The Morgan fingerprint density at radius 1 is 1.29 bits per heavy atom. The quantitative estimate of drug-likeness (QED) is 0.487. The number of hydrogen-bond donors (Lipinski definition) is 3. The average molecular weight is 218 g/mol. The second kappa shape index (κ2) is 3.66. The zero-order valence-electron chi connectivity index (χ0n) is 7.38. The molecule has 1 aromatic rings. The van der Waals surface area contributed by atoms with Gasteiger partial charge in [-0.1, -0.05) is 6.07 Å². The minimum absolute atomic E-state index is 0.206. The molecule has 1 rings (SSSR count). The number of rotatable bonds is 2. The van der Waals surface area contributed by atoms with E-state index in [0.717, 1.165) is 6.07 Å². The lowest BCUT2D eigenvalue weighted by atomic mass is 10.1. The van der Waals surface area contributed by atoms with Crippen molar-refractivity contribution in [2.24, 2.45) is 0 Å². The second-order valence-electron chi connectivity index (χ2n) is 2.87. The molecule has 1 aromatic carbocycles. The first kappa shape index (κ1) is 11.1. The molecule has 0 bridgehead atoms. The van der Waals surface area contributed by atoms with E-state index in [4.69, 9.17) is 14.8 Å². The van der Waals surface area contributed by atoms with Gasteiger partial charge in [-0.05, 0) is 24.6 Å². The van der Waals surface area contributed by atoms with E-state index in [1.807, 2.05) is 0 Å². The molecule has 0 amide bonds. The standard InChI is InChI=1S/C8H10O5S/c1-5-4-6(14(11,12)13)2-3-7(5)8(9)10/h2-4,8-10H,1H3,(H,11,12,13). The van der Waals surface area contributed by atoms with Gasteiger partial charge in [0.1, 0.15) is 0 Å². The van der Waals surface area contributed by atoms with E-state index in [1.165, 1.54) is 19.1 Å². The average Bonchev–Trinajstić information content (AvgIpc) is 2.01. The Balaban J connectivity index is 3.27. The molecule has 0 aromatic heterocycles. The Hall–Kier alpha value is -0.950. The van der Waals surface area contributed by atoms with Crippen molar-refractivity contribution in [3.05, 3.63) is 29.3 Å². The molecule has 0 unspecified atom stereocenters. The summed E-state index contributed by atoms with van der Waals surface area (Å²) < 4.78 is 30.1. The Morgan fingerprint density at radius 3 is 2.21 bits per heavy atom. The fourth-order valence-corrected chi connectivity index (χ4v) is 1.66. The van der Waals surface area contributed by atoms with E-state index < -0.39 is 16.4 Å². The van der Waals surface area contributed by atoms with Gasteiger partial charge in [0.25, 0.3) is 10.1 Å². The molecule has 0 aliphatic heterocycles. The molecule has 0 saturated heterocycles. The van der Waals surface area contributed by atoms with Crippen LogP contribution in [0.5, 0.6) is 0 Å². The third kappa shape index (κ3) is 2.30. The molecular weight excluding hydrogens is 208 g/mol. The van der Waals surface area contributed by atoms with E-state index >= 15 is 0 Å². The maximum absolute atomic E-state index is 10.7. The highest BCUT2D eigenvalue weighted by Gasteiger charge is 2.13. The number of hydrogen-bond acceptors (Lipinski definition) is 4. The zero-order valence-corrected chi connectivity index (χ0v) is 8.19. The van der Waals surface area contributed by atoms with Crippen LogP contribution in [0.15, 0.2) is 23.1 Å². The van der Waals surface area contributed by atoms with Gasteiger partial charge in [0, 0.05) is 5.56 Å². The van der Waals surface area contributed by atoms with Gasteiger partial charge in [0.2, 0.25) is 0 Å². The van der Waals surface area contributed by atoms with Crippen molar-refractivity contribution >= 4 is 10.1 Å². The summed E-state index contributed by atoms with van der Waals surface area (Å²) in [5.41, 5.74) is 0.590. The molecule has 0 heterocycles. The van der Waals surface area contributed by atoms with E-state index in [0.29, 0.717) is 5.56 Å². The van der Waals surface area contributed by atoms with Crippen LogP contribution in [0.3, 0.4) is 0 Å². The topological polar surface area (TPSA) is 94.8 Å². The van der Waals surface area contributed by atoms with Crippen LogP contribution in [0.4, 0.5) is 0 Å². The molecule has 0 atom stereocenters. The van der Waals surface area contributed by atoms with Gasteiger partial charge in [-0.25, -0.2) is 0 Å². The number of benzene rings is 1. The van der Waals surface area contributed by atoms with Crippen molar-refractivity contribution in [3.63, 3.8) is 0 Å². The lowest BCUT2D eigenvalue weighted by molar-refractivity contribution is -0.0429. The third-order valence-electron chi connectivity index (χ3n) is 1.82. The molecule has 0 radical (unpaired) electrons. The number of aliphatic hydroxyl groups excluding tert-OH is 1. The Labute approximate surface area is 81.4 Å². The second-order valence-corrected chi connectivity index (χ2v) is 4.29. The Kier molecular flexibility index (Phi) is 2.91. The van der Waals surface area contributed by atoms with Gasteiger partial charge in [0.15, 0.2) is 6.29 Å². The lowest BCUT2D eigenvalue weighted by Gasteiger charge is -2.08. The van der Waals surface area contributed by atoms with Crippen molar-refractivity contribution in [1.29, 1.82) is 0 Å². The molecule has 0 aliphatic carbocycles. The largest absolute Gasteiger partial charge is 0.364 e.